The van der Waals surface area contributed by atoms with Crippen LogP contribution in [-0.4, -0.2) is 53.3 Å². The maximum absolute atomic E-state index is 12.4. The average molecular weight is 298 g/mol. The van der Waals surface area contributed by atoms with E-state index >= 15 is 0 Å². The minimum absolute atomic E-state index is 0.0989. The largest absolute Gasteiger partial charge is 0.481 e. The predicted molar refractivity (Wildman–Crippen MR) is 78.1 cm³/mol. The fraction of sp³-hybridized carbons (Fsp3) is 0.867. The van der Waals surface area contributed by atoms with Gasteiger partial charge in [0.1, 0.15) is 0 Å². The number of hydrogen-bond acceptors (Lipinski definition) is 3. The molecule has 2 aliphatic rings. The molecular weight excluding hydrogens is 272 g/mol. The Bertz CT molecular complexity index is 410. The molecule has 0 aromatic carbocycles. The number of ether oxygens (including phenoxy) is 1. The van der Waals surface area contributed by atoms with Crippen LogP contribution in [0.3, 0.4) is 0 Å². The molecule has 0 saturated carbocycles. The number of aliphatic carboxylic acids is 1. The molecule has 0 aromatic heterocycles. The van der Waals surface area contributed by atoms with Gasteiger partial charge in [-0.3, -0.25) is 4.79 Å². The van der Waals surface area contributed by atoms with Crippen LogP contribution in [0.4, 0.5) is 4.79 Å². The van der Waals surface area contributed by atoms with Gasteiger partial charge in [-0.1, -0.05) is 6.92 Å². The number of carboxylic acid groups (broad SMARTS) is 1. The Labute approximate surface area is 125 Å². The van der Waals surface area contributed by atoms with Gasteiger partial charge in [0.25, 0.3) is 0 Å². The summed E-state index contributed by atoms with van der Waals surface area (Å²) in [5.41, 5.74) is -0.213. The van der Waals surface area contributed by atoms with Crippen LogP contribution in [0.2, 0.25) is 0 Å². The summed E-state index contributed by atoms with van der Waals surface area (Å²) >= 11 is 0. The van der Waals surface area contributed by atoms with E-state index in [0.29, 0.717) is 26.1 Å². The number of carboxylic acids is 1. The molecule has 21 heavy (non-hydrogen) atoms. The van der Waals surface area contributed by atoms with Crippen molar-refractivity contribution in [1.29, 1.82) is 0 Å². The Morgan fingerprint density at radius 3 is 2.67 bits per heavy atom. The molecule has 6 nitrogen and oxygen atoms in total. The Balaban J connectivity index is 1.91. The number of urea groups is 1. The fourth-order valence-corrected chi connectivity index (χ4v) is 3.32. The van der Waals surface area contributed by atoms with Gasteiger partial charge in [0, 0.05) is 25.7 Å². The summed E-state index contributed by atoms with van der Waals surface area (Å²) in [4.78, 5) is 25.2. The van der Waals surface area contributed by atoms with E-state index in [4.69, 9.17) is 4.74 Å². The van der Waals surface area contributed by atoms with Gasteiger partial charge in [-0.15, -0.1) is 0 Å². The van der Waals surface area contributed by atoms with E-state index in [1.165, 1.54) is 0 Å². The van der Waals surface area contributed by atoms with Gasteiger partial charge in [0.05, 0.1) is 11.5 Å². The van der Waals surface area contributed by atoms with Crippen molar-refractivity contribution in [2.45, 2.75) is 51.7 Å². The Kier molecular flexibility index (Phi) is 4.76. The van der Waals surface area contributed by atoms with E-state index in [-0.39, 0.29) is 23.6 Å². The summed E-state index contributed by atoms with van der Waals surface area (Å²) in [6.07, 6.45) is 2.23. The van der Waals surface area contributed by atoms with Crippen LogP contribution >= 0.6 is 0 Å². The van der Waals surface area contributed by atoms with Crippen LogP contribution in [0.25, 0.3) is 0 Å². The molecule has 3 atom stereocenters. The topological polar surface area (TPSA) is 78.9 Å². The second kappa shape index (κ2) is 6.22. The first-order chi connectivity index (χ1) is 9.77. The van der Waals surface area contributed by atoms with Crippen molar-refractivity contribution in [3.05, 3.63) is 0 Å². The zero-order valence-electron chi connectivity index (χ0n) is 13.1. The number of nitrogens with one attached hydrogen (secondary N) is 1. The maximum Gasteiger partial charge on any atom is 0.317 e. The van der Waals surface area contributed by atoms with E-state index in [1.807, 2.05) is 20.8 Å². The minimum atomic E-state index is -0.813. The van der Waals surface area contributed by atoms with Crippen LogP contribution < -0.4 is 5.32 Å². The highest BCUT2D eigenvalue weighted by Gasteiger charge is 2.34. The zero-order chi connectivity index (χ0) is 15.6. The Morgan fingerprint density at radius 2 is 2.05 bits per heavy atom. The van der Waals surface area contributed by atoms with Crippen molar-refractivity contribution < 1.29 is 19.4 Å². The zero-order valence-corrected chi connectivity index (χ0v) is 13.1. The lowest BCUT2D eigenvalue weighted by atomic mass is 9.90. The molecule has 6 heteroatoms. The molecule has 2 rings (SSSR count). The van der Waals surface area contributed by atoms with E-state index < -0.39 is 11.9 Å². The smallest absolute Gasteiger partial charge is 0.317 e. The SMILES string of the molecule is CC1CC(C(=O)O)CN(C(=O)NC2CCOC(C)(C)C2)C1. The number of carbonyl (C=O) groups is 2. The molecule has 0 spiro atoms. The number of likely N-dealkylation sites (tertiary alicyclic amines) is 1. The molecule has 2 aliphatic heterocycles. The molecular formula is C15H26N2O4. The fourth-order valence-electron chi connectivity index (χ4n) is 3.32. The summed E-state index contributed by atoms with van der Waals surface area (Å²) in [6.45, 7) is 7.61. The molecule has 2 heterocycles. The van der Waals surface area contributed by atoms with Gasteiger partial charge in [0.2, 0.25) is 0 Å². The highest BCUT2D eigenvalue weighted by Crippen LogP contribution is 2.25. The Hall–Kier alpha value is -1.30. The Morgan fingerprint density at radius 1 is 1.33 bits per heavy atom. The quantitative estimate of drug-likeness (QED) is 0.813. The monoisotopic (exact) mass is 298 g/mol. The average Bonchev–Trinajstić information content (AvgIpc) is 2.36. The summed E-state index contributed by atoms with van der Waals surface area (Å²) < 4.78 is 5.65. The van der Waals surface area contributed by atoms with E-state index in [0.717, 1.165) is 12.8 Å². The summed E-state index contributed by atoms with van der Waals surface area (Å²) in [6, 6.07) is -0.0442. The van der Waals surface area contributed by atoms with Crippen LogP contribution in [0, 0.1) is 11.8 Å². The lowest BCUT2D eigenvalue weighted by Gasteiger charge is -2.39. The second-order valence-corrected chi connectivity index (χ2v) is 7.03. The first kappa shape index (κ1) is 16.1. The number of carbonyl (C=O) groups excluding carboxylic acids is 1. The van der Waals surface area contributed by atoms with Crippen molar-refractivity contribution in [3.63, 3.8) is 0 Å². The number of piperidine rings is 1. The van der Waals surface area contributed by atoms with Crippen molar-refractivity contribution in [3.8, 4) is 0 Å². The number of hydrogen-bond donors (Lipinski definition) is 2. The van der Waals surface area contributed by atoms with Gasteiger partial charge < -0.3 is 20.1 Å². The first-order valence-corrected chi connectivity index (χ1v) is 7.69. The summed E-state index contributed by atoms with van der Waals surface area (Å²) in [5.74, 6) is -1.05. The molecule has 2 amide bonds. The van der Waals surface area contributed by atoms with Crippen LogP contribution in [-0.2, 0) is 9.53 Å². The molecule has 0 aliphatic carbocycles. The van der Waals surface area contributed by atoms with Crippen LogP contribution in [0.1, 0.15) is 40.0 Å². The van der Waals surface area contributed by atoms with Gasteiger partial charge in [-0.25, -0.2) is 4.79 Å². The third kappa shape index (κ3) is 4.33. The van der Waals surface area contributed by atoms with Gasteiger partial charge in [-0.2, -0.15) is 0 Å². The van der Waals surface area contributed by atoms with Crippen LogP contribution in [0.15, 0.2) is 0 Å². The minimum Gasteiger partial charge on any atom is -0.481 e. The maximum atomic E-state index is 12.4. The lowest BCUT2D eigenvalue weighted by molar-refractivity contribution is -0.143. The van der Waals surface area contributed by atoms with Gasteiger partial charge >= 0.3 is 12.0 Å². The molecule has 2 N–H and O–H groups in total. The number of rotatable bonds is 2. The van der Waals surface area contributed by atoms with Crippen molar-refractivity contribution in [2.24, 2.45) is 11.8 Å². The summed E-state index contributed by atoms with van der Waals surface area (Å²) in [7, 11) is 0. The standard InChI is InChI=1S/C15H26N2O4/c1-10-6-11(13(18)19)9-17(8-10)14(20)16-12-4-5-21-15(2,3)7-12/h10-12H,4-9H2,1-3H3,(H,16,20)(H,18,19). The molecule has 120 valence electrons. The highest BCUT2D eigenvalue weighted by atomic mass is 16.5. The lowest BCUT2D eigenvalue weighted by Crippen LogP contribution is -2.54. The molecule has 2 saturated heterocycles. The second-order valence-electron chi connectivity index (χ2n) is 7.03. The third-order valence-electron chi connectivity index (χ3n) is 4.32. The molecule has 3 unspecified atom stereocenters. The van der Waals surface area contributed by atoms with Crippen molar-refractivity contribution >= 4 is 12.0 Å². The normalized spacial score (nSPS) is 32.5. The van der Waals surface area contributed by atoms with Gasteiger partial charge in [-0.05, 0) is 39.0 Å². The number of amides is 2. The molecule has 2 fully saturated rings. The molecule has 0 bridgehead atoms. The predicted octanol–water partition coefficient (Wildman–Crippen LogP) is 1.70. The molecule has 0 radical (unpaired) electrons. The van der Waals surface area contributed by atoms with Gasteiger partial charge in [0.15, 0.2) is 0 Å². The first-order valence-electron chi connectivity index (χ1n) is 7.69. The van der Waals surface area contributed by atoms with E-state index in [9.17, 15) is 14.7 Å². The van der Waals surface area contributed by atoms with E-state index in [1.54, 1.807) is 4.90 Å². The van der Waals surface area contributed by atoms with Crippen LogP contribution in [0.5, 0.6) is 0 Å². The highest BCUT2D eigenvalue weighted by molar-refractivity contribution is 5.76. The molecule has 0 aromatic rings. The van der Waals surface area contributed by atoms with Crippen molar-refractivity contribution in [2.75, 3.05) is 19.7 Å². The number of nitrogens with zero attached hydrogens (tertiary/aromatic N) is 1. The van der Waals surface area contributed by atoms with Crippen molar-refractivity contribution in [1.82, 2.24) is 10.2 Å². The third-order valence-corrected chi connectivity index (χ3v) is 4.32. The van der Waals surface area contributed by atoms with E-state index in [2.05, 4.69) is 5.32 Å². The summed E-state index contributed by atoms with van der Waals surface area (Å²) in [5, 5.41) is 12.2.